The lowest BCUT2D eigenvalue weighted by atomic mass is 10.2. The van der Waals surface area contributed by atoms with E-state index in [0.29, 0.717) is 12.2 Å². The van der Waals surface area contributed by atoms with Gasteiger partial charge in [-0.25, -0.2) is 4.98 Å². The molecule has 1 aromatic rings. The van der Waals surface area contributed by atoms with Crippen molar-refractivity contribution in [2.45, 2.75) is 26.3 Å². The van der Waals surface area contributed by atoms with Crippen LogP contribution >= 0.6 is 0 Å². The zero-order valence-corrected chi connectivity index (χ0v) is 8.45. The molecule has 0 aliphatic carbocycles. The van der Waals surface area contributed by atoms with Gasteiger partial charge in [0, 0.05) is 6.20 Å². The quantitative estimate of drug-likeness (QED) is 0.754. The maximum absolute atomic E-state index is 11.4. The normalized spacial score (nSPS) is 12.2. The molecule has 14 heavy (non-hydrogen) atoms. The molecular formula is C10H15N3O. The summed E-state index contributed by atoms with van der Waals surface area (Å²) in [5, 5.41) is 2.69. The molecule has 0 aromatic carbocycles. The maximum atomic E-state index is 11.4. The molecule has 0 aliphatic heterocycles. The zero-order chi connectivity index (χ0) is 10.6. The first-order valence-corrected chi connectivity index (χ1v) is 4.63. The first-order valence-electron chi connectivity index (χ1n) is 4.63. The second-order valence-corrected chi connectivity index (χ2v) is 3.17. The Hall–Kier alpha value is -1.42. The van der Waals surface area contributed by atoms with Gasteiger partial charge in [0.15, 0.2) is 0 Å². The van der Waals surface area contributed by atoms with Crippen LogP contribution in [0, 0.1) is 6.92 Å². The molecule has 0 bridgehead atoms. The van der Waals surface area contributed by atoms with Crippen LogP contribution in [0.25, 0.3) is 0 Å². The smallest absolute Gasteiger partial charge is 0.242 e. The van der Waals surface area contributed by atoms with Gasteiger partial charge < -0.3 is 11.1 Å². The molecule has 76 valence electrons. The van der Waals surface area contributed by atoms with Crippen LogP contribution in [0.15, 0.2) is 18.3 Å². The highest BCUT2D eigenvalue weighted by Gasteiger charge is 2.12. The largest absolute Gasteiger partial charge is 0.320 e. The molecule has 1 amide bonds. The number of carbonyl (C=O) groups excluding carboxylic acids is 1. The standard InChI is InChI=1S/C10H15N3O/c1-3-8(11)10(14)13-9-7(2)5-4-6-12-9/h4-6,8H,3,11H2,1-2H3,(H,12,13,14). The summed E-state index contributed by atoms with van der Waals surface area (Å²) in [6.45, 7) is 3.76. The Balaban J connectivity index is 2.70. The molecule has 0 spiro atoms. The lowest BCUT2D eigenvalue weighted by molar-refractivity contribution is -0.117. The number of rotatable bonds is 3. The molecule has 1 unspecified atom stereocenters. The first kappa shape index (κ1) is 10.7. The Bertz CT molecular complexity index is 325. The first-order chi connectivity index (χ1) is 6.65. The average molecular weight is 193 g/mol. The van der Waals surface area contributed by atoms with Gasteiger partial charge in [-0.2, -0.15) is 0 Å². The van der Waals surface area contributed by atoms with E-state index >= 15 is 0 Å². The van der Waals surface area contributed by atoms with Gasteiger partial charge in [-0.3, -0.25) is 4.79 Å². The minimum Gasteiger partial charge on any atom is -0.320 e. The summed E-state index contributed by atoms with van der Waals surface area (Å²) in [5.41, 5.74) is 6.51. The van der Waals surface area contributed by atoms with E-state index < -0.39 is 6.04 Å². The second kappa shape index (κ2) is 4.72. The monoisotopic (exact) mass is 193 g/mol. The van der Waals surface area contributed by atoms with E-state index in [-0.39, 0.29) is 5.91 Å². The third-order valence-corrected chi connectivity index (χ3v) is 2.03. The number of nitrogens with two attached hydrogens (primary N) is 1. The van der Waals surface area contributed by atoms with E-state index in [2.05, 4.69) is 10.3 Å². The Kier molecular flexibility index (Phi) is 3.59. The van der Waals surface area contributed by atoms with E-state index in [0.717, 1.165) is 5.56 Å². The second-order valence-electron chi connectivity index (χ2n) is 3.17. The lowest BCUT2D eigenvalue weighted by Gasteiger charge is -2.10. The van der Waals surface area contributed by atoms with Crippen molar-refractivity contribution >= 4 is 11.7 Å². The third-order valence-electron chi connectivity index (χ3n) is 2.03. The van der Waals surface area contributed by atoms with Crippen molar-refractivity contribution in [2.75, 3.05) is 5.32 Å². The van der Waals surface area contributed by atoms with E-state index in [1.54, 1.807) is 6.20 Å². The minimum atomic E-state index is -0.462. The fraction of sp³-hybridized carbons (Fsp3) is 0.400. The summed E-state index contributed by atoms with van der Waals surface area (Å²) < 4.78 is 0. The summed E-state index contributed by atoms with van der Waals surface area (Å²) in [6, 6.07) is 3.25. The highest BCUT2D eigenvalue weighted by atomic mass is 16.2. The van der Waals surface area contributed by atoms with Crippen LogP contribution in [0.1, 0.15) is 18.9 Å². The molecule has 1 aromatic heterocycles. The molecule has 1 heterocycles. The van der Waals surface area contributed by atoms with Crippen molar-refractivity contribution in [1.82, 2.24) is 4.98 Å². The van der Waals surface area contributed by atoms with Crippen LogP contribution in [0.4, 0.5) is 5.82 Å². The number of pyridine rings is 1. The molecule has 4 heteroatoms. The predicted molar refractivity (Wildman–Crippen MR) is 55.9 cm³/mol. The third kappa shape index (κ3) is 2.53. The van der Waals surface area contributed by atoms with Crippen molar-refractivity contribution in [3.8, 4) is 0 Å². The summed E-state index contributed by atoms with van der Waals surface area (Å²) in [5.74, 6) is 0.399. The van der Waals surface area contributed by atoms with Crippen LogP contribution in [-0.4, -0.2) is 16.9 Å². The fourth-order valence-corrected chi connectivity index (χ4v) is 1.01. The van der Waals surface area contributed by atoms with Gasteiger partial charge in [0.2, 0.25) is 5.91 Å². The Labute approximate surface area is 83.5 Å². The predicted octanol–water partition coefficient (Wildman–Crippen LogP) is 1.07. The van der Waals surface area contributed by atoms with E-state index in [9.17, 15) is 4.79 Å². The average Bonchev–Trinajstić information content (AvgIpc) is 2.20. The number of aryl methyl sites for hydroxylation is 1. The molecular weight excluding hydrogens is 178 g/mol. The summed E-state index contributed by atoms with van der Waals surface area (Å²) in [6.07, 6.45) is 2.26. The van der Waals surface area contributed by atoms with E-state index in [1.807, 2.05) is 26.0 Å². The topological polar surface area (TPSA) is 68.0 Å². The molecule has 1 rings (SSSR count). The molecule has 0 saturated heterocycles. The van der Waals surface area contributed by atoms with Gasteiger partial charge in [-0.1, -0.05) is 13.0 Å². The molecule has 3 N–H and O–H groups in total. The van der Waals surface area contributed by atoms with E-state index in [4.69, 9.17) is 5.73 Å². The lowest BCUT2D eigenvalue weighted by Crippen LogP contribution is -2.35. The van der Waals surface area contributed by atoms with Gasteiger partial charge >= 0.3 is 0 Å². The molecule has 1 atom stereocenters. The highest BCUT2D eigenvalue weighted by molar-refractivity contribution is 5.94. The summed E-state index contributed by atoms with van der Waals surface area (Å²) in [4.78, 5) is 15.5. The molecule has 4 nitrogen and oxygen atoms in total. The van der Waals surface area contributed by atoms with E-state index in [1.165, 1.54) is 0 Å². The Morgan fingerprint density at radius 3 is 3.00 bits per heavy atom. The highest BCUT2D eigenvalue weighted by Crippen LogP contribution is 2.09. The van der Waals surface area contributed by atoms with Crippen molar-refractivity contribution < 1.29 is 4.79 Å². The van der Waals surface area contributed by atoms with Crippen LogP contribution in [0.5, 0.6) is 0 Å². The zero-order valence-electron chi connectivity index (χ0n) is 8.45. The van der Waals surface area contributed by atoms with Gasteiger partial charge in [-0.15, -0.1) is 0 Å². The maximum Gasteiger partial charge on any atom is 0.242 e. The van der Waals surface area contributed by atoms with Crippen molar-refractivity contribution in [3.05, 3.63) is 23.9 Å². The number of hydrogen-bond acceptors (Lipinski definition) is 3. The number of hydrogen-bond donors (Lipinski definition) is 2. The van der Waals surface area contributed by atoms with Gasteiger partial charge in [0.05, 0.1) is 6.04 Å². The van der Waals surface area contributed by atoms with Crippen molar-refractivity contribution in [1.29, 1.82) is 0 Å². The minimum absolute atomic E-state index is 0.186. The molecule has 0 saturated carbocycles. The fourth-order valence-electron chi connectivity index (χ4n) is 1.01. The van der Waals surface area contributed by atoms with Crippen LogP contribution < -0.4 is 11.1 Å². The SMILES string of the molecule is CCC(N)C(=O)Nc1ncccc1C. The van der Waals surface area contributed by atoms with Crippen LogP contribution in [-0.2, 0) is 4.79 Å². The Morgan fingerprint density at radius 2 is 2.43 bits per heavy atom. The van der Waals surface area contributed by atoms with Gasteiger partial charge in [0.1, 0.15) is 5.82 Å². The number of anilines is 1. The van der Waals surface area contributed by atoms with Gasteiger partial charge in [0.25, 0.3) is 0 Å². The van der Waals surface area contributed by atoms with Gasteiger partial charge in [-0.05, 0) is 25.0 Å². The molecule has 0 radical (unpaired) electrons. The molecule has 0 aliphatic rings. The molecule has 0 fully saturated rings. The number of nitrogens with one attached hydrogen (secondary N) is 1. The number of amides is 1. The number of nitrogens with zero attached hydrogens (tertiary/aromatic N) is 1. The van der Waals surface area contributed by atoms with Crippen molar-refractivity contribution in [2.24, 2.45) is 5.73 Å². The van der Waals surface area contributed by atoms with Crippen molar-refractivity contribution in [3.63, 3.8) is 0 Å². The number of aromatic nitrogens is 1. The van der Waals surface area contributed by atoms with Crippen LogP contribution in [0.3, 0.4) is 0 Å². The Morgan fingerprint density at radius 1 is 1.71 bits per heavy atom. The summed E-state index contributed by atoms with van der Waals surface area (Å²) in [7, 11) is 0. The summed E-state index contributed by atoms with van der Waals surface area (Å²) >= 11 is 0. The van der Waals surface area contributed by atoms with Crippen LogP contribution in [0.2, 0.25) is 0 Å². The number of carbonyl (C=O) groups is 1.